The van der Waals surface area contributed by atoms with Crippen LogP contribution in [0.3, 0.4) is 0 Å². The number of hydrogen-bond donors (Lipinski definition) is 1. The number of aryl methyl sites for hydroxylation is 2. The van der Waals surface area contributed by atoms with Crippen LogP contribution in [-0.2, 0) is 0 Å². The van der Waals surface area contributed by atoms with Crippen molar-refractivity contribution < 1.29 is 9.21 Å². The molecule has 0 radical (unpaired) electrons. The summed E-state index contributed by atoms with van der Waals surface area (Å²) in [6.45, 7) is 3.80. The predicted octanol–water partition coefficient (Wildman–Crippen LogP) is 3.90. The average molecular weight is 340 g/mol. The zero-order chi connectivity index (χ0) is 17.0. The van der Waals surface area contributed by atoms with Crippen LogP contribution in [0.5, 0.6) is 0 Å². The Balaban J connectivity index is 2.04. The van der Waals surface area contributed by atoms with Crippen molar-refractivity contribution in [2.24, 2.45) is 0 Å². The van der Waals surface area contributed by atoms with E-state index in [4.69, 9.17) is 16.0 Å². The lowest BCUT2D eigenvalue weighted by Crippen LogP contribution is -2.22. The van der Waals surface area contributed by atoms with Gasteiger partial charge >= 0.3 is 0 Å². The van der Waals surface area contributed by atoms with E-state index in [1.807, 2.05) is 26.0 Å². The number of fused-ring (bicyclic) bond motifs is 2. The van der Waals surface area contributed by atoms with Crippen molar-refractivity contribution in [3.63, 3.8) is 0 Å². The average Bonchev–Trinajstić information content (AvgIpc) is 2.84. The largest absolute Gasteiger partial charge is 0.450 e. The molecule has 0 fully saturated rings. The van der Waals surface area contributed by atoms with Gasteiger partial charge in [-0.3, -0.25) is 9.59 Å². The summed E-state index contributed by atoms with van der Waals surface area (Å²) in [7, 11) is 0. The van der Waals surface area contributed by atoms with Crippen LogP contribution < -0.4 is 10.7 Å². The van der Waals surface area contributed by atoms with E-state index in [9.17, 15) is 9.59 Å². The number of amides is 1. The smallest absolute Gasteiger partial charge is 0.288 e. The molecule has 0 aliphatic carbocycles. The van der Waals surface area contributed by atoms with E-state index in [1.54, 1.807) is 24.3 Å². The van der Waals surface area contributed by atoms with Crippen molar-refractivity contribution >= 4 is 28.5 Å². The summed E-state index contributed by atoms with van der Waals surface area (Å²) >= 11 is 6.05. The van der Waals surface area contributed by atoms with Crippen LogP contribution in [-0.4, -0.2) is 5.91 Å². The van der Waals surface area contributed by atoms with Crippen LogP contribution in [0.25, 0.3) is 11.0 Å². The van der Waals surface area contributed by atoms with Gasteiger partial charge in [-0.05, 0) is 48.7 Å². The summed E-state index contributed by atoms with van der Waals surface area (Å²) in [4.78, 5) is 25.4. The number of carbonyl (C=O) groups is 1. The zero-order valence-electron chi connectivity index (χ0n) is 13.1. The summed E-state index contributed by atoms with van der Waals surface area (Å²) in [6, 6.07) is 10.3. The van der Waals surface area contributed by atoms with Gasteiger partial charge in [-0.25, -0.2) is 0 Å². The molecule has 24 heavy (non-hydrogen) atoms. The Morgan fingerprint density at radius 3 is 2.67 bits per heavy atom. The highest BCUT2D eigenvalue weighted by molar-refractivity contribution is 6.30. The van der Waals surface area contributed by atoms with Crippen molar-refractivity contribution in [3.8, 4) is 0 Å². The van der Waals surface area contributed by atoms with E-state index in [-0.39, 0.29) is 17.1 Å². The molecule has 0 saturated carbocycles. The molecule has 1 aromatic heterocycles. The monoisotopic (exact) mass is 339 g/mol. The lowest BCUT2D eigenvalue weighted by Gasteiger charge is -2.12. The highest BCUT2D eigenvalue weighted by Crippen LogP contribution is 2.32. The molecule has 4 nitrogen and oxygen atoms in total. The first kappa shape index (κ1) is 15.0. The minimum Gasteiger partial charge on any atom is -0.450 e. The molecule has 1 aliphatic rings. The molecule has 2 aromatic carbocycles. The van der Waals surface area contributed by atoms with Crippen molar-refractivity contribution in [2.45, 2.75) is 19.9 Å². The van der Waals surface area contributed by atoms with Gasteiger partial charge in [0.2, 0.25) is 5.76 Å². The van der Waals surface area contributed by atoms with E-state index in [2.05, 4.69) is 5.32 Å². The van der Waals surface area contributed by atoms with E-state index in [0.717, 1.165) is 16.7 Å². The normalized spacial score (nSPS) is 16.3. The Bertz CT molecular complexity index is 1070. The van der Waals surface area contributed by atoms with Gasteiger partial charge in [0, 0.05) is 5.02 Å². The lowest BCUT2D eigenvalue weighted by atomic mass is 9.97. The third-order valence-corrected chi connectivity index (χ3v) is 4.56. The molecule has 3 aromatic rings. The molecule has 5 heteroatoms. The summed E-state index contributed by atoms with van der Waals surface area (Å²) < 4.78 is 5.80. The van der Waals surface area contributed by atoms with Crippen LogP contribution >= 0.6 is 11.6 Å². The summed E-state index contributed by atoms with van der Waals surface area (Å²) in [5.41, 5.74) is 3.19. The maximum absolute atomic E-state index is 13.1. The first-order valence-electron chi connectivity index (χ1n) is 7.60. The Kier molecular flexibility index (Phi) is 3.25. The zero-order valence-corrected chi connectivity index (χ0v) is 13.9. The maximum Gasteiger partial charge on any atom is 0.288 e. The van der Waals surface area contributed by atoms with Gasteiger partial charge in [0.25, 0.3) is 5.91 Å². The van der Waals surface area contributed by atoms with Gasteiger partial charge in [0.1, 0.15) is 5.58 Å². The SMILES string of the molecule is Cc1cc(C)c2c(=O)c3c(oc2c1)C(=O)NC3c1cccc(Cl)c1. The number of carbonyl (C=O) groups excluding carboxylic acids is 1. The fourth-order valence-corrected chi connectivity index (χ4v) is 3.54. The lowest BCUT2D eigenvalue weighted by molar-refractivity contribution is 0.0938. The van der Waals surface area contributed by atoms with Gasteiger partial charge in [-0.2, -0.15) is 0 Å². The summed E-state index contributed by atoms with van der Waals surface area (Å²) in [6.07, 6.45) is 0. The molecule has 0 bridgehead atoms. The van der Waals surface area contributed by atoms with Crippen molar-refractivity contribution in [1.82, 2.24) is 5.32 Å². The number of halogens is 1. The Morgan fingerprint density at radius 1 is 1.12 bits per heavy atom. The van der Waals surface area contributed by atoms with Gasteiger partial charge in [-0.1, -0.05) is 29.8 Å². The van der Waals surface area contributed by atoms with Crippen LogP contribution in [0.15, 0.2) is 45.6 Å². The molecule has 1 amide bonds. The standard InChI is InChI=1S/C19H14ClNO3/c1-9-6-10(2)14-13(7-9)24-18-15(17(14)22)16(21-19(18)23)11-4-3-5-12(20)8-11/h3-8,16H,1-2H3,(H,21,23). The quantitative estimate of drug-likeness (QED) is 0.731. The summed E-state index contributed by atoms with van der Waals surface area (Å²) in [5.74, 6) is -0.296. The second-order valence-electron chi connectivity index (χ2n) is 6.09. The highest BCUT2D eigenvalue weighted by Gasteiger charge is 2.36. The Morgan fingerprint density at radius 2 is 1.92 bits per heavy atom. The third kappa shape index (κ3) is 2.14. The molecule has 1 N–H and O–H groups in total. The number of rotatable bonds is 1. The minimum absolute atomic E-state index is 0.0856. The van der Waals surface area contributed by atoms with Crippen molar-refractivity contribution in [1.29, 1.82) is 0 Å². The van der Waals surface area contributed by atoms with Crippen LogP contribution in [0.2, 0.25) is 5.02 Å². The number of nitrogens with one attached hydrogen (secondary N) is 1. The molecule has 1 aliphatic heterocycles. The van der Waals surface area contributed by atoms with Gasteiger partial charge in [-0.15, -0.1) is 0 Å². The van der Waals surface area contributed by atoms with Gasteiger partial charge in [0.15, 0.2) is 5.43 Å². The number of benzene rings is 2. The van der Waals surface area contributed by atoms with E-state index in [0.29, 0.717) is 21.6 Å². The molecule has 120 valence electrons. The van der Waals surface area contributed by atoms with E-state index >= 15 is 0 Å². The highest BCUT2D eigenvalue weighted by atomic mass is 35.5. The first-order chi connectivity index (χ1) is 11.5. The minimum atomic E-state index is -0.549. The van der Waals surface area contributed by atoms with Crippen LogP contribution in [0.4, 0.5) is 0 Å². The molecular formula is C19H14ClNO3. The van der Waals surface area contributed by atoms with E-state index < -0.39 is 6.04 Å². The fourth-order valence-electron chi connectivity index (χ4n) is 3.34. The van der Waals surface area contributed by atoms with E-state index in [1.165, 1.54) is 0 Å². The van der Waals surface area contributed by atoms with Gasteiger partial charge < -0.3 is 9.73 Å². The van der Waals surface area contributed by atoms with Crippen molar-refractivity contribution in [3.05, 3.63) is 79.7 Å². The van der Waals surface area contributed by atoms with Crippen molar-refractivity contribution in [2.75, 3.05) is 0 Å². The molecule has 2 heterocycles. The van der Waals surface area contributed by atoms with Crippen LogP contribution in [0, 0.1) is 13.8 Å². The molecule has 0 spiro atoms. The molecular weight excluding hydrogens is 326 g/mol. The van der Waals surface area contributed by atoms with Gasteiger partial charge in [0.05, 0.1) is 17.0 Å². The molecule has 0 saturated heterocycles. The topological polar surface area (TPSA) is 59.3 Å². The third-order valence-electron chi connectivity index (χ3n) is 4.32. The molecule has 1 atom stereocenters. The first-order valence-corrected chi connectivity index (χ1v) is 7.98. The second-order valence-corrected chi connectivity index (χ2v) is 6.53. The summed E-state index contributed by atoms with van der Waals surface area (Å²) in [5, 5.41) is 3.89. The number of hydrogen-bond acceptors (Lipinski definition) is 3. The Hall–Kier alpha value is -2.59. The molecule has 1 unspecified atom stereocenters. The molecule has 4 rings (SSSR count). The predicted molar refractivity (Wildman–Crippen MR) is 92.7 cm³/mol. The Labute approximate surface area is 143 Å². The second kappa shape index (κ2) is 5.21. The fraction of sp³-hybridized carbons (Fsp3) is 0.158. The van der Waals surface area contributed by atoms with Crippen LogP contribution in [0.1, 0.15) is 38.9 Å². The maximum atomic E-state index is 13.1.